The monoisotopic (exact) mass is 276 g/mol. The zero-order valence-corrected chi connectivity index (χ0v) is 10.6. The second-order valence-corrected chi connectivity index (χ2v) is 4.56. The van der Waals surface area contributed by atoms with Crippen molar-refractivity contribution < 1.29 is 13.2 Å². The fourth-order valence-corrected chi connectivity index (χ4v) is 2.21. The summed E-state index contributed by atoms with van der Waals surface area (Å²) in [6.45, 7) is 1.88. The van der Waals surface area contributed by atoms with Gasteiger partial charge in [-0.3, -0.25) is 0 Å². The summed E-state index contributed by atoms with van der Waals surface area (Å²) in [6, 6.07) is 12.6. The molecule has 20 heavy (non-hydrogen) atoms. The van der Waals surface area contributed by atoms with Gasteiger partial charge in [-0.15, -0.1) is 0 Å². The van der Waals surface area contributed by atoms with Crippen molar-refractivity contribution >= 4 is 10.9 Å². The van der Waals surface area contributed by atoms with Crippen LogP contribution in [-0.4, -0.2) is 9.78 Å². The summed E-state index contributed by atoms with van der Waals surface area (Å²) >= 11 is 0. The van der Waals surface area contributed by atoms with Gasteiger partial charge in [0.25, 0.3) is 0 Å². The van der Waals surface area contributed by atoms with Gasteiger partial charge in [0.05, 0.1) is 22.5 Å². The molecule has 3 rings (SSSR count). The molecule has 0 N–H and O–H groups in total. The number of aryl methyl sites for hydroxylation is 1. The summed E-state index contributed by atoms with van der Waals surface area (Å²) in [5.41, 5.74) is 1.68. The molecule has 0 radical (unpaired) electrons. The normalized spacial score (nSPS) is 12.0. The van der Waals surface area contributed by atoms with E-state index in [2.05, 4.69) is 5.10 Å². The predicted molar refractivity (Wildman–Crippen MR) is 70.8 cm³/mol. The second kappa shape index (κ2) is 4.37. The van der Waals surface area contributed by atoms with Crippen molar-refractivity contribution in [1.29, 1.82) is 0 Å². The summed E-state index contributed by atoms with van der Waals surface area (Å²) in [5.74, 6) is 0. The van der Waals surface area contributed by atoms with Gasteiger partial charge in [-0.05, 0) is 37.3 Å². The van der Waals surface area contributed by atoms with E-state index in [0.717, 1.165) is 28.7 Å². The van der Waals surface area contributed by atoms with Crippen molar-refractivity contribution in [3.8, 4) is 5.69 Å². The number of para-hydroxylation sites is 1. The third-order valence-corrected chi connectivity index (χ3v) is 3.21. The maximum atomic E-state index is 12.6. The smallest absolute Gasteiger partial charge is 0.233 e. The molecule has 3 aromatic rings. The van der Waals surface area contributed by atoms with Gasteiger partial charge in [-0.2, -0.15) is 18.3 Å². The lowest BCUT2D eigenvalue weighted by molar-refractivity contribution is -0.137. The van der Waals surface area contributed by atoms with E-state index < -0.39 is 11.7 Å². The number of hydrogen-bond acceptors (Lipinski definition) is 1. The number of benzene rings is 2. The number of hydrogen-bond donors (Lipinski definition) is 0. The molecule has 0 atom stereocenters. The third kappa shape index (κ3) is 2.05. The standard InChI is InChI=1S/C15H11F3N2/c1-10-13-4-2-3-5-14(13)20(19-10)12-8-6-11(7-9-12)15(16,17)18/h2-9H,1H3. The SMILES string of the molecule is Cc1nn(-c2ccc(C(F)(F)F)cc2)c2ccccc12. The first-order valence-corrected chi connectivity index (χ1v) is 6.09. The van der Waals surface area contributed by atoms with Crippen LogP contribution >= 0.6 is 0 Å². The van der Waals surface area contributed by atoms with Gasteiger partial charge in [0.1, 0.15) is 0 Å². The predicted octanol–water partition coefficient (Wildman–Crippen LogP) is 4.35. The van der Waals surface area contributed by atoms with Gasteiger partial charge in [-0.1, -0.05) is 18.2 Å². The molecule has 1 aromatic heterocycles. The van der Waals surface area contributed by atoms with Gasteiger partial charge in [0, 0.05) is 5.39 Å². The topological polar surface area (TPSA) is 17.8 Å². The highest BCUT2D eigenvalue weighted by Crippen LogP contribution is 2.30. The minimum Gasteiger partial charge on any atom is -0.233 e. The van der Waals surface area contributed by atoms with E-state index in [1.165, 1.54) is 12.1 Å². The summed E-state index contributed by atoms with van der Waals surface area (Å²) < 4.78 is 39.3. The lowest BCUT2D eigenvalue weighted by Crippen LogP contribution is -2.05. The third-order valence-electron chi connectivity index (χ3n) is 3.21. The van der Waals surface area contributed by atoms with E-state index in [1.54, 1.807) is 4.68 Å². The molecular weight excluding hydrogens is 265 g/mol. The highest BCUT2D eigenvalue weighted by atomic mass is 19.4. The Morgan fingerprint density at radius 3 is 2.25 bits per heavy atom. The quantitative estimate of drug-likeness (QED) is 0.646. The molecule has 102 valence electrons. The molecule has 0 bridgehead atoms. The fourth-order valence-electron chi connectivity index (χ4n) is 2.21. The zero-order chi connectivity index (χ0) is 14.3. The first kappa shape index (κ1) is 12.7. The molecule has 0 unspecified atom stereocenters. The number of alkyl halides is 3. The number of fused-ring (bicyclic) bond motifs is 1. The Morgan fingerprint density at radius 2 is 1.60 bits per heavy atom. The summed E-state index contributed by atoms with van der Waals surface area (Å²) in [5, 5.41) is 5.38. The molecule has 0 aliphatic rings. The summed E-state index contributed by atoms with van der Waals surface area (Å²) in [6.07, 6.45) is -4.32. The average molecular weight is 276 g/mol. The van der Waals surface area contributed by atoms with Crippen LogP contribution in [0.2, 0.25) is 0 Å². The molecule has 1 heterocycles. The first-order valence-electron chi connectivity index (χ1n) is 6.09. The maximum Gasteiger partial charge on any atom is 0.416 e. The van der Waals surface area contributed by atoms with Crippen LogP contribution in [0.25, 0.3) is 16.6 Å². The number of aromatic nitrogens is 2. The molecule has 2 aromatic carbocycles. The Labute approximate surface area is 113 Å². The van der Waals surface area contributed by atoms with Crippen molar-refractivity contribution in [2.75, 3.05) is 0 Å². The van der Waals surface area contributed by atoms with Crippen molar-refractivity contribution in [3.63, 3.8) is 0 Å². The minimum atomic E-state index is -4.32. The summed E-state index contributed by atoms with van der Waals surface area (Å²) in [4.78, 5) is 0. The lowest BCUT2D eigenvalue weighted by atomic mass is 10.2. The Hall–Kier alpha value is -2.30. The van der Waals surface area contributed by atoms with E-state index in [4.69, 9.17) is 0 Å². The molecule has 0 amide bonds. The van der Waals surface area contributed by atoms with Gasteiger partial charge in [0.2, 0.25) is 0 Å². The molecule has 0 fully saturated rings. The van der Waals surface area contributed by atoms with E-state index in [-0.39, 0.29) is 0 Å². The van der Waals surface area contributed by atoms with Crippen molar-refractivity contribution in [3.05, 3.63) is 59.8 Å². The Balaban J connectivity index is 2.12. The van der Waals surface area contributed by atoms with Crippen LogP contribution in [0.15, 0.2) is 48.5 Å². The van der Waals surface area contributed by atoms with Crippen LogP contribution in [0.3, 0.4) is 0 Å². The largest absolute Gasteiger partial charge is 0.416 e. The highest BCUT2D eigenvalue weighted by Gasteiger charge is 2.30. The van der Waals surface area contributed by atoms with Crippen LogP contribution in [0.1, 0.15) is 11.3 Å². The van der Waals surface area contributed by atoms with Gasteiger partial charge >= 0.3 is 6.18 Å². The molecule has 0 saturated carbocycles. The lowest BCUT2D eigenvalue weighted by Gasteiger charge is -2.08. The van der Waals surface area contributed by atoms with Crippen molar-refractivity contribution in [1.82, 2.24) is 9.78 Å². The van der Waals surface area contributed by atoms with E-state index >= 15 is 0 Å². The Kier molecular flexibility index (Phi) is 2.78. The minimum absolute atomic E-state index is 0.613. The number of halogens is 3. The fraction of sp³-hybridized carbons (Fsp3) is 0.133. The van der Waals surface area contributed by atoms with E-state index in [0.29, 0.717) is 5.69 Å². The summed E-state index contributed by atoms with van der Waals surface area (Å²) in [7, 11) is 0. The maximum absolute atomic E-state index is 12.6. The first-order chi connectivity index (χ1) is 9.47. The van der Waals surface area contributed by atoms with Crippen LogP contribution in [0.5, 0.6) is 0 Å². The van der Waals surface area contributed by atoms with Crippen LogP contribution in [0, 0.1) is 6.92 Å². The molecular formula is C15H11F3N2. The van der Waals surface area contributed by atoms with Crippen molar-refractivity contribution in [2.24, 2.45) is 0 Å². The number of rotatable bonds is 1. The van der Waals surface area contributed by atoms with Crippen LogP contribution < -0.4 is 0 Å². The van der Waals surface area contributed by atoms with Crippen LogP contribution in [0.4, 0.5) is 13.2 Å². The zero-order valence-electron chi connectivity index (χ0n) is 10.6. The van der Waals surface area contributed by atoms with Gasteiger partial charge < -0.3 is 0 Å². The molecule has 0 aliphatic carbocycles. The molecule has 0 spiro atoms. The van der Waals surface area contributed by atoms with Crippen LogP contribution in [-0.2, 0) is 6.18 Å². The van der Waals surface area contributed by atoms with Gasteiger partial charge in [0.15, 0.2) is 0 Å². The Morgan fingerprint density at radius 1 is 0.950 bits per heavy atom. The highest BCUT2D eigenvalue weighted by molar-refractivity contribution is 5.83. The van der Waals surface area contributed by atoms with E-state index in [9.17, 15) is 13.2 Å². The average Bonchev–Trinajstić information content (AvgIpc) is 2.76. The van der Waals surface area contributed by atoms with Gasteiger partial charge in [-0.25, -0.2) is 4.68 Å². The second-order valence-electron chi connectivity index (χ2n) is 4.56. The molecule has 0 aliphatic heterocycles. The molecule has 5 heteroatoms. The van der Waals surface area contributed by atoms with Crippen molar-refractivity contribution in [2.45, 2.75) is 13.1 Å². The molecule has 0 saturated heterocycles. The van der Waals surface area contributed by atoms with E-state index in [1.807, 2.05) is 31.2 Å². The Bertz CT molecular complexity index is 755. The molecule has 2 nitrogen and oxygen atoms in total. The number of nitrogens with zero attached hydrogens (tertiary/aromatic N) is 2.